The Morgan fingerprint density at radius 1 is 1.33 bits per heavy atom. The van der Waals surface area contributed by atoms with Crippen LogP contribution in [0.2, 0.25) is 0 Å². The van der Waals surface area contributed by atoms with E-state index in [-0.39, 0.29) is 11.7 Å². The number of nitrogens with zero attached hydrogens (tertiary/aromatic N) is 2. The number of alkyl halides is 2. The van der Waals surface area contributed by atoms with Gasteiger partial charge in [0.2, 0.25) is 0 Å². The zero-order valence-electron chi connectivity index (χ0n) is 16.9. The topological polar surface area (TPSA) is 63.3 Å². The van der Waals surface area contributed by atoms with Gasteiger partial charge in [-0.05, 0) is 25.2 Å². The summed E-state index contributed by atoms with van der Waals surface area (Å²) in [6.45, 7) is 1.51. The lowest BCUT2D eigenvalue weighted by molar-refractivity contribution is -0.131. The van der Waals surface area contributed by atoms with E-state index in [1.54, 1.807) is 42.0 Å². The quantitative estimate of drug-likeness (QED) is 0.652. The number of benzene rings is 1. The largest absolute Gasteiger partial charge is 0.434 e. The second-order valence-electron chi connectivity index (χ2n) is 6.85. The Hall–Kier alpha value is -2.30. The number of rotatable bonds is 7. The van der Waals surface area contributed by atoms with Crippen LogP contribution in [0.1, 0.15) is 18.5 Å². The van der Waals surface area contributed by atoms with E-state index in [1.165, 1.54) is 6.07 Å². The molecule has 1 N–H and O–H groups in total. The lowest BCUT2D eigenvalue weighted by atomic mass is 9.93. The standard InChI is InChI=1S/C20H25F2N3O4S/c1-13-16(18(26)24-7-11-28-12-8-24)17(23-20(30)25(13)9-10-27-2)14-5-3-4-6-15(14)29-19(21)22/h3-6,17,19H,7-12H2,1-2H3,(H,23,30). The molecule has 3 rings (SSSR count). The van der Waals surface area contributed by atoms with E-state index >= 15 is 0 Å². The van der Waals surface area contributed by atoms with Crippen molar-refractivity contribution in [2.24, 2.45) is 0 Å². The molecule has 7 nitrogen and oxygen atoms in total. The number of morpholine rings is 1. The first-order chi connectivity index (χ1) is 14.4. The summed E-state index contributed by atoms with van der Waals surface area (Å²) in [5, 5.41) is 3.53. The Bertz CT molecular complexity index is 815. The van der Waals surface area contributed by atoms with Gasteiger partial charge in [0.25, 0.3) is 5.91 Å². The average molecular weight is 442 g/mol. The summed E-state index contributed by atoms with van der Waals surface area (Å²) in [5.74, 6) is -0.191. The normalized spacial score (nSPS) is 19.9. The van der Waals surface area contributed by atoms with Gasteiger partial charge in [0.05, 0.1) is 31.4 Å². The van der Waals surface area contributed by atoms with Gasteiger partial charge in [-0.1, -0.05) is 18.2 Å². The summed E-state index contributed by atoms with van der Waals surface area (Å²) < 4.78 is 41.2. The fourth-order valence-corrected chi connectivity index (χ4v) is 3.95. The van der Waals surface area contributed by atoms with Gasteiger partial charge in [-0.3, -0.25) is 4.79 Å². The number of allylic oxidation sites excluding steroid dienone is 1. The van der Waals surface area contributed by atoms with Gasteiger partial charge in [0.1, 0.15) is 5.75 Å². The Labute approximate surface area is 179 Å². The monoisotopic (exact) mass is 441 g/mol. The van der Waals surface area contributed by atoms with E-state index < -0.39 is 12.7 Å². The molecular weight excluding hydrogens is 416 g/mol. The van der Waals surface area contributed by atoms with E-state index in [0.717, 1.165) is 0 Å². The molecule has 1 fully saturated rings. The predicted molar refractivity (Wildman–Crippen MR) is 110 cm³/mol. The highest BCUT2D eigenvalue weighted by Gasteiger charge is 2.37. The van der Waals surface area contributed by atoms with E-state index in [9.17, 15) is 13.6 Å². The molecule has 1 unspecified atom stereocenters. The molecule has 0 aromatic heterocycles. The lowest BCUT2D eigenvalue weighted by Crippen LogP contribution is -2.51. The molecule has 1 atom stereocenters. The number of carbonyl (C=O) groups is 1. The molecule has 10 heteroatoms. The summed E-state index contributed by atoms with van der Waals surface area (Å²) in [4.78, 5) is 17.0. The Morgan fingerprint density at radius 3 is 2.70 bits per heavy atom. The predicted octanol–water partition coefficient (Wildman–Crippen LogP) is 2.30. The molecule has 1 amide bonds. The molecule has 1 aromatic carbocycles. The van der Waals surface area contributed by atoms with Gasteiger partial charge in [0.15, 0.2) is 5.11 Å². The van der Waals surface area contributed by atoms with Crippen molar-refractivity contribution in [1.29, 1.82) is 0 Å². The minimum atomic E-state index is -2.98. The van der Waals surface area contributed by atoms with Gasteiger partial charge >= 0.3 is 6.61 Å². The van der Waals surface area contributed by atoms with Gasteiger partial charge in [-0.15, -0.1) is 0 Å². The SMILES string of the molecule is COCCN1C(=S)NC(c2ccccc2OC(F)F)C(C(=O)N2CCOCC2)=C1C. The van der Waals surface area contributed by atoms with Crippen LogP contribution in [0.4, 0.5) is 8.78 Å². The number of ether oxygens (including phenoxy) is 3. The zero-order valence-corrected chi connectivity index (χ0v) is 17.7. The molecule has 0 radical (unpaired) electrons. The van der Waals surface area contributed by atoms with Crippen LogP contribution in [0.5, 0.6) is 5.75 Å². The number of carbonyl (C=O) groups excluding carboxylic acids is 1. The van der Waals surface area contributed by atoms with Crippen molar-refractivity contribution < 1.29 is 27.8 Å². The molecule has 2 heterocycles. The van der Waals surface area contributed by atoms with Crippen LogP contribution in [0.3, 0.4) is 0 Å². The van der Waals surface area contributed by atoms with Crippen molar-refractivity contribution in [3.63, 3.8) is 0 Å². The molecule has 1 aromatic rings. The minimum Gasteiger partial charge on any atom is -0.434 e. The van der Waals surface area contributed by atoms with E-state index in [1.807, 2.05) is 0 Å². The molecule has 2 aliphatic rings. The van der Waals surface area contributed by atoms with Crippen LogP contribution in [0.15, 0.2) is 35.5 Å². The van der Waals surface area contributed by atoms with Gasteiger partial charge < -0.3 is 29.3 Å². The minimum absolute atomic E-state index is 0.00165. The van der Waals surface area contributed by atoms with Crippen LogP contribution in [0, 0.1) is 0 Å². The number of thiocarbonyl (C=S) groups is 1. The molecule has 0 aliphatic carbocycles. The molecule has 30 heavy (non-hydrogen) atoms. The highest BCUT2D eigenvalue weighted by atomic mass is 32.1. The van der Waals surface area contributed by atoms with Crippen molar-refractivity contribution in [3.8, 4) is 5.75 Å². The maximum atomic E-state index is 13.5. The van der Waals surface area contributed by atoms with Gasteiger partial charge in [-0.2, -0.15) is 8.78 Å². The number of hydrogen-bond acceptors (Lipinski definition) is 5. The first kappa shape index (κ1) is 22.4. The van der Waals surface area contributed by atoms with Crippen molar-refractivity contribution in [2.45, 2.75) is 19.6 Å². The Balaban J connectivity index is 2.05. The molecule has 2 aliphatic heterocycles. The van der Waals surface area contributed by atoms with Crippen LogP contribution >= 0.6 is 12.2 Å². The molecule has 164 valence electrons. The number of amides is 1. The lowest BCUT2D eigenvalue weighted by Gasteiger charge is -2.40. The molecule has 1 saturated heterocycles. The molecular formula is C20H25F2N3O4S. The van der Waals surface area contributed by atoms with Gasteiger partial charge in [-0.25, -0.2) is 0 Å². The summed E-state index contributed by atoms with van der Waals surface area (Å²) in [6.07, 6.45) is 0. The van der Waals surface area contributed by atoms with E-state index in [0.29, 0.717) is 61.4 Å². The number of methoxy groups -OCH3 is 1. The highest BCUT2D eigenvalue weighted by molar-refractivity contribution is 7.80. The Kier molecular flexibility index (Phi) is 7.57. The number of halogens is 2. The van der Waals surface area contributed by atoms with Crippen LogP contribution < -0.4 is 10.1 Å². The van der Waals surface area contributed by atoms with Crippen molar-refractivity contribution in [3.05, 3.63) is 41.1 Å². The molecule has 0 spiro atoms. The number of nitrogens with one attached hydrogen (secondary N) is 1. The third-order valence-electron chi connectivity index (χ3n) is 5.09. The molecule has 0 saturated carbocycles. The summed E-state index contributed by atoms with van der Waals surface area (Å²) >= 11 is 5.51. The number of para-hydroxylation sites is 1. The third-order valence-corrected chi connectivity index (χ3v) is 5.43. The maximum absolute atomic E-state index is 13.5. The maximum Gasteiger partial charge on any atom is 0.387 e. The average Bonchev–Trinajstić information content (AvgIpc) is 2.73. The first-order valence-electron chi connectivity index (χ1n) is 9.62. The summed E-state index contributed by atoms with van der Waals surface area (Å²) in [5.41, 5.74) is 1.51. The van der Waals surface area contributed by atoms with Gasteiger partial charge in [0, 0.05) is 38.0 Å². The van der Waals surface area contributed by atoms with E-state index in [2.05, 4.69) is 5.32 Å². The second kappa shape index (κ2) is 10.1. The summed E-state index contributed by atoms with van der Waals surface area (Å²) in [6, 6.07) is 5.70. The van der Waals surface area contributed by atoms with Crippen molar-refractivity contribution in [1.82, 2.24) is 15.1 Å². The fourth-order valence-electron chi connectivity index (χ4n) is 3.60. The zero-order chi connectivity index (χ0) is 21.7. The van der Waals surface area contributed by atoms with E-state index in [4.69, 9.17) is 26.4 Å². The summed E-state index contributed by atoms with van der Waals surface area (Å²) in [7, 11) is 1.58. The second-order valence-corrected chi connectivity index (χ2v) is 7.23. The van der Waals surface area contributed by atoms with Crippen LogP contribution in [0.25, 0.3) is 0 Å². The first-order valence-corrected chi connectivity index (χ1v) is 10.0. The third kappa shape index (κ3) is 4.88. The highest BCUT2D eigenvalue weighted by Crippen LogP contribution is 2.36. The van der Waals surface area contributed by atoms with Crippen molar-refractivity contribution in [2.75, 3.05) is 46.6 Å². The van der Waals surface area contributed by atoms with Crippen molar-refractivity contribution >= 4 is 23.2 Å². The van der Waals surface area contributed by atoms with Crippen LogP contribution in [-0.4, -0.2) is 74.0 Å². The smallest absolute Gasteiger partial charge is 0.387 e. The number of hydrogen-bond donors (Lipinski definition) is 1. The molecule has 0 bridgehead atoms. The Morgan fingerprint density at radius 2 is 2.03 bits per heavy atom. The van der Waals surface area contributed by atoms with Crippen LogP contribution in [-0.2, 0) is 14.3 Å². The fraction of sp³-hybridized carbons (Fsp3) is 0.500.